The lowest BCUT2D eigenvalue weighted by Gasteiger charge is -2.26. The number of ether oxygens (including phenoxy) is 1. The van der Waals surface area contributed by atoms with Crippen LogP contribution >= 0.6 is 12.4 Å². The first-order chi connectivity index (χ1) is 10.5. The second kappa shape index (κ2) is 8.17. The van der Waals surface area contributed by atoms with E-state index in [1.165, 1.54) is 14.0 Å². The lowest BCUT2D eigenvalue weighted by molar-refractivity contribution is -0.122. The third-order valence-corrected chi connectivity index (χ3v) is 4.05. The Hall–Kier alpha value is -1.79. The van der Waals surface area contributed by atoms with Crippen LogP contribution in [0.4, 0.5) is 11.4 Å². The van der Waals surface area contributed by atoms with Crippen LogP contribution < -0.4 is 20.7 Å². The lowest BCUT2D eigenvalue weighted by atomic mass is 9.93. The Kier molecular flexibility index (Phi) is 6.84. The molecule has 1 unspecified atom stereocenters. The summed E-state index contributed by atoms with van der Waals surface area (Å²) in [7, 11) is 1.53. The van der Waals surface area contributed by atoms with Crippen LogP contribution in [0.2, 0.25) is 0 Å². The third kappa shape index (κ3) is 4.36. The van der Waals surface area contributed by atoms with E-state index in [1.807, 2.05) is 6.92 Å². The number of anilines is 2. The maximum absolute atomic E-state index is 12.5. The molecular weight excluding hydrogens is 318 g/mol. The van der Waals surface area contributed by atoms with E-state index in [2.05, 4.69) is 16.0 Å². The molecule has 0 bridgehead atoms. The summed E-state index contributed by atoms with van der Waals surface area (Å²) in [6, 6.07) is 5.18. The zero-order valence-electron chi connectivity index (χ0n) is 13.7. The van der Waals surface area contributed by atoms with Crippen molar-refractivity contribution in [3.05, 3.63) is 18.2 Å². The van der Waals surface area contributed by atoms with Crippen molar-refractivity contribution in [1.29, 1.82) is 0 Å². The zero-order chi connectivity index (χ0) is 16.2. The van der Waals surface area contributed by atoms with Crippen LogP contribution in [0.1, 0.15) is 33.1 Å². The highest BCUT2D eigenvalue weighted by atomic mass is 35.5. The molecule has 0 aliphatic carbocycles. The fourth-order valence-electron chi connectivity index (χ4n) is 2.77. The summed E-state index contributed by atoms with van der Waals surface area (Å²) in [4.78, 5) is 23.7. The van der Waals surface area contributed by atoms with Gasteiger partial charge in [-0.2, -0.15) is 0 Å². The maximum atomic E-state index is 12.5. The van der Waals surface area contributed by atoms with E-state index in [4.69, 9.17) is 4.74 Å². The van der Waals surface area contributed by atoms with E-state index < -0.39 is 5.54 Å². The van der Waals surface area contributed by atoms with Crippen LogP contribution in [-0.4, -0.2) is 31.0 Å². The molecule has 1 atom stereocenters. The number of benzene rings is 1. The normalized spacial score (nSPS) is 19.6. The predicted octanol–water partition coefficient (Wildman–Crippen LogP) is 2.55. The first-order valence-electron chi connectivity index (χ1n) is 7.53. The fourth-order valence-corrected chi connectivity index (χ4v) is 2.77. The standard InChI is InChI=1S/C16H23N3O3.ClH/c1-4-16(8-5-9-17-16)15(21)19-12-6-7-13(18-11(2)20)14(10-12)22-3;/h6-7,10,17H,4-5,8-9H2,1-3H3,(H,18,20)(H,19,21);1H. The summed E-state index contributed by atoms with van der Waals surface area (Å²) < 4.78 is 5.26. The molecule has 0 saturated carbocycles. The monoisotopic (exact) mass is 341 g/mol. The van der Waals surface area contributed by atoms with Crippen LogP contribution in [0, 0.1) is 0 Å². The van der Waals surface area contributed by atoms with E-state index >= 15 is 0 Å². The molecule has 0 spiro atoms. The molecular formula is C16H24ClN3O3. The molecule has 1 fully saturated rings. The molecule has 1 aliphatic heterocycles. The summed E-state index contributed by atoms with van der Waals surface area (Å²) in [5, 5.41) is 8.93. The van der Waals surface area contributed by atoms with Gasteiger partial charge >= 0.3 is 0 Å². The first kappa shape index (κ1) is 19.3. The van der Waals surface area contributed by atoms with Crippen molar-refractivity contribution in [2.75, 3.05) is 24.3 Å². The quantitative estimate of drug-likeness (QED) is 0.769. The minimum absolute atomic E-state index is 0. The molecule has 23 heavy (non-hydrogen) atoms. The van der Waals surface area contributed by atoms with Crippen LogP contribution in [-0.2, 0) is 9.59 Å². The molecule has 2 amide bonds. The van der Waals surface area contributed by atoms with E-state index in [-0.39, 0.29) is 24.2 Å². The number of carbonyl (C=O) groups is 2. The molecule has 1 aromatic carbocycles. The van der Waals surface area contributed by atoms with Crippen molar-refractivity contribution in [1.82, 2.24) is 5.32 Å². The molecule has 6 nitrogen and oxygen atoms in total. The summed E-state index contributed by atoms with van der Waals surface area (Å²) >= 11 is 0. The zero-order valence-corrected chi connectivity index (χ0v) is 14.5. The van der Waals surface area contributed by atoms with Gasteiger partial charge in [0.1, 0.15) is 5.75 Å². The minimum Gasteiger partial charge on any atom is -0.494 e. The maximum Gasteiger partial charge on any atom is 0.244 e. The highest BCUT2D eigenvalue weighted by Gasteiger charge is 2.39. The van der Waals surface area contributed by atoms with Crippen LogP contribution in [0.25, 0.3) is 0 Å². The van der Waals surface area contributed by atoms with Crippen molar-refractivity contribution in [3.8, 4) is 5.75 Å². The van der Waals surface area contributed by atoms with Gasteiger partial charge in [-0.1, -0.05) is 6.92 Å². The van der Waals surface area contributed by atoms with Gasteiger partial charge in [0.05, 0.1) is 18.3 Å². The van der Waals surface area contributed by atoms with Gasteiger partial charge in [-0.05, 0) is 37.9 Å². The number of carbonyl (C=O) groups excluding carboxylic acids is 2. The average molecular weight is 342 g/mol. The van der Waals surface area contributed by atoms with E-state index in [0.717, 1.165) is 25.8 Å². The topological polar surface area (TPSA) is 79.5 Å². The Balaban J connectivity index is 0.00000264. The number of methoxy groups -OCH3 is 1. The Morgan fingerprint density at radius 2 is 2.09 bits per heavy atom. The smallest absolute Gasteiger partial charge is 0.244 e. The van der Waals surface area contributed by atoms with Gasteiger partial charge in [-0.15, -0.1) is 12.4 Å². The minimum atomic E-state index is -0.483. The Labute approximate surface area is 142 Å². The summed E-state index contributed by atoms with van der Waals surface area (Å²) in [5.74, 6) is 0.315. The van der Waals surface area contributed by atoms with E-state index in [0.29, 0.717) is 17.1 Å². The summed E-state index contributed by atoms with van der Waals surface area (Å²) in [6.07, 6.45) is 2.60. The summed E-state index contributed by atoms with van der Waals surface area (Å²) in [5.41, 5.74) is 0.749. The van der Waals surface area contributed by atoms with Crippen LogP contribution in [0.15, 0.2) is 18.2 Å². The Morgan fingerprint density at radius 3 is 2.61 bits per heavy atom. The summed E-state index contributed by atoms with van der Waals surface area (Å²) in [6.45, 7) is 4.32. The van der Waals surface area contributed by atoms with Crippen LogP contribution in [0.5, 0.6) is 5.75 Å². The highest BCUT2D eigenvalue weighted by molar-refractivity contribution is 5.99. The van der Waals surface area contributed by atoms with E-state index in [9.17, 15) is 9.59 Å². The van der Waals surface area contributed by atoms with Gasteiger partial charge < -0.3 is 20.7 Å². The second-order valence-electron chi connectivity index (χ2n) is 5.52. The molecule has 1 heterocycles. The lowest BCUT2D eigenvalue weighted by Crippen LogP contribution is -2.50. The van der Waals surface area contributed by atoms with Gasteiger partial charge in [0.15, 0.2) is 0 Å². The van der Waals surface area contributed by atoms with Crippen molar-refractivity contribution < 1.29 is 14.3 Å². The van der Waals surface area contributed by atoms with Gasteiger partial charge in [0.2, 0.25) is 11.8 Å². The number of hydrogen-bond donors (Lipinski definition) is 3. The molecule has 1 saturated heterocycles. The van der Waals surface area contributed by atoms with Crippen molar-refractivity contribution in [2.24, 2.45) is 0 Å². The van der Waals surface area contributed by atoms with Gasteiger partial charge in [-0.3, -0.25) is 9.59 Å². The van der Waals surface area contributed by atoms with Gasteiger partial charge in [0.25, 0.3) is 0 Å². The second-order valence-corrected chi connectivity index (χ2v) is 5.52. The Bertz CT molecular complexity index is 572. The molecule has 0 aromatic heterocycles. The number of amides is 2. The van der Waals surface area contributed by atoms with E-state index in [1.54, 1.807) is 18.2 Å². The molecule has 128 valence electrons. The largest absolute Gasteiger partial charge is 0.494 e. The Morgan fingerprint density at radius 1 is 1.35 bits per heavy atom. The predicted molar refractivity (Wildman–Crippen MR) is 93.4 cm³/mol. The molecule has 7 heteroatoms. The molecule has 3 N–H and O–H groups in total. The number of hydrogen-bond acceptors (Lipinski definition) is 4. The fraction of sp³-hybridized carbons (Fsp3) is 0.500. The van der Waals surface area contributed by atoms with Crippen LogP contribution in [0.3, 0.4) is 0 Å². The number of halogens is 1. The molecule has 1 aliphatic rings. The van der Waals surface area contributed by atoms with Crippen molar-refractivity contribution in [2.45, 2.75) is 38.6 Å². The van der Waals surface area contributed by atoms with Crippen molar-refractivity contribution >= 4 is 35.6 Å². The number of nitrogens with one attached hydrogen (secondary N) is 3. The molecule has 1 aromatic rings. The average Bonchev–Trinajstić information content (AvgIpc) is 2.98. The van der Waals surface area contributed by atoms with Crippen molar-refractivity contribution in [3.63, 3.8) is 0 Å². The molecule has 0 radical (unpaired) electrons. The van der Waals surface area contributed by atoms with Gasteiger partial charge in [-0.25, -0.2) is 0 Å². The first-order valence-corrected chi connectivity index (χ1v) is 7.53. The number of rotatable bonds is 5. The highest BCUT2D eigenvalue weighted by Crippen LogP contribution is 2.30. The SMILES string of the molecule is CCC1(C(=O)Nc2ccc(NC(C)=O)c(OC)c2)CCCN1.Cl. The molecule has 2 rings (SSSR count). The third-order valence-electron chi connectivity index (χ3n) is 4.05. The van der Waals surface area contributed by atoms with Gasteiger partial charge in [0, 0.05) is 18.7 Å².